The molecule has 0 amide bonds. The number of nitrogens with one attached hydrogen (secondary N) is 1. The predicted octanol–water partition coefficient (Wildman–Crippen LogP) is 3.97. The summed E-state index contributed by atoms with van der Waals surface area (Å²) in [6.45, 7) is 4.46. The molecule has 5 aromatic rings. The molecule has 1 N–H and O–H groups in total. The smallest absolute Gasteiger partial charge is 0.205 e. The number of hydrogen-bond acceptors (Lipinski definition) is 7. The number of nitrogens with zero attached hydrogens (tertiary/aromatic N) is 7. The lowest BCUT2D eigenvalue weighted by Crippen LogP contribution is -2.11. The van der Waals surface area contributed by atoms with Gasteiger partial charge in [0, 0.05) is 30.4 Å². The van der Waals surface area contributed by atoms with Gasteiger partial charge in [-0.05, 0) is 35.2 Å². The van der Waals surface area contributed by atoms with Gasteiger partial charge < -0.3 is 4.74 Å². The van der Waals surface area contributed by atoms with Gasteiger partial charge in [0.25, 0.3) is 0 Å². The second-order valence-corrected chi connectivity index (χ2v) is 8.19. The minimum absolute atomic E-state index is 0.394. The van der Waals surface area contributed by atoms with Crippen LogP contribution >= 0.6 is 0 Å². The molecule has 3 aromatic heterocycles. The number of aromatic amines is 1. The van der Waals surface area contributed by atoms with Crippen LogP contribution in [0.1, 0.15) is 41.8 Å². The predicted molar refractivity (Wildman–Crippen MR) is 128 cm³/mol. The monoisotopic (exact) mass is 454 g/mol. The molecular formula is C25H26N8O. The second kappa shape index (κ2) is 9.48. The minimum atomic E-state index is 0.394. The Morgan fingerprint density at radius 1 is 1.00 bits per heavy atom. The highest BCUT2D eigenvalue weighted by Crippen LogP contribution is 2.30. The fraction of sp³-hybridized carbons (Fsp3) is 0.280. The van der Waals surface area contributed by atoms with E-state index in [1.54, 1.807) is 7.11 Å². The van der Waals surface area contributed by atoms with Gasteiger partial charge in [-0.2, -0.15) is 9.73 Å². The first kappa shape index (κ1) is 21.8. The molecule has 0 spiro atoms. The Balaban J connectivity index is 1.51. The summed E-state index contributed by atoms with van der Waals surface area (Å²) in [5.41, 5.74) is 7.30. The number of benzene rings is 2. The molecule has 2 aromatic carbocycles. The van der Waals surface area contributed by atoms with Crippen molar-refractivity contribution in [3.05, 3.63) is 77.0 Å². The summed E-state index contributed by atoms with van der Waals surface area (Å²) in [6, 6.07) is 16.6. The SMILES string of the molecule is CCCc1nc(COC)n2nc(C)nc2c1Cc1ccc(-c2ccccc2-c2nn[nH]n2)cc1. The molecule has 0 saturated carbocycles. The number of rotatable bonds is 8. The van der Waals surface area contributed by atoms with Gasteiger partial charge in [0.1, 0.15) is 12.4 Å². The molecule has 0 aliphatic rings. The van der Waals surface area contributed by atoms with Gasteiger partial charge in [0.15, 0.2) is 11.5 Å². The van der Waals surface area contributed by atoms with Crippen molar-refractivity contribution in [2.75, 3.05) is 7.11 Å². The molecule has 0 fully saturated rings. The Bertz CT molecular complexity index is 1410. The van der Waals surface area contributed by atoms with Crippen LogP contribution in [0.4, 0.5) is 0 Å². The summed E-state index contributed by atoms with van der Waals surface area (Å²) < 4.78 is 7.18. The first-order valence-electron chi connectivity index (χ1n) is 11.3. The second-order valence-electron chi connectivity index (χ2n) is 8.19. The van der Waals surface area contributed by atoms with Crippen molar-refractivity contribution in [3.8, 4) is 22.5 Å². The summed E-state index contributed by atoms with van der Waals surface area (Å²) in [7, 11) is 1.67. The van der Waals surface area contributed by atoms with Crippen LogP contribution in [-0.4, -0.2) is 47.3 Å². The molecule has 9 nitrogen and oxygen atoms in total. The largest absolute Gasteiger partial charge is 0.377 e. The molecule has 0 aliphatic carbocycles. The van der Waals surface area contributed by atoms with Gasteiger partial charge in [-0.15, -0.1) is 15.3 Å². The number of fused-ring (bicyclic) bond motifs is 1. The van der Waals surface area contributed by atoms with E-state index in [-0.39, 0.29) is 0 Å². The topological polar surface area (TPSA) is 107 Å². The summed E-state index contributed by atoms with van der Waals surface area (Å²) in [4.78, 5) is 9.64. The van der Waals surface area contributed by atoms with Gasteiger partial charge in [0.05, 0.1) is 0 Å². The lowest BCUT2D eigenvalue weighted by Gasteiger charge is -2.13. The van der Waals surface area contributed by atoms with E-state index >= 15 is 0 Å². The maximum atomic E-state index is 5.36. The zero-order valence-corrected chi connectivity index (χ0v) is 19.5. The first-order chi connectivity index (χ1) is 16.7. The minimum Gasteiger partial charge on any atom is -0.377 e. The highest BCUT2D eigenvalue weighted by atomic mass is 16.5. The van der Waals surface area contributed by atoms with Crippen molar-refractivity contribution in [1.29, 1.82) is 0 Å². The average Bonchev–Trinajstić information content (AvgIpc) is 3.52. The Morgan fingerprint density at radius 3 is 2.50 bits per heavy atom. The Morgan fingerprint density at radius 2 is 1.79 bits per heavy atom. The Hall–Kier alpha value is -3.98. The number of aromatic nitrogens is 8. The molecule has 0 unspecified atom stereocenters. The standard InChI is InChI=1S/C25H26N8O/c1-4-7-22-21(25-26-16(2)30-33(25)23(27-22)15-34-3)14-17-10-12-18(13-11-17)19-8-5-6-9-20(19)24-28-31-32-29-24/h5-6,8-13H,4,7,14-15H2,1-3H3,(H,28,29,31,32). The lowest BCUT2D eigenvalue weighted by molar-refractivity contribution is 0.175. The van der Waals surface area contributed by atoms with Crippen LogP contribution in [0.2, 0.25) is 0 Å². The lowest BCUT2D eigenvalue weighted by atomic mass is 9.96. The van der Waals surface area contributed by atoms with E-state index in [9.17, 15) is 0 Å². The molecule has 172 valence electrons. The highest BCUT2D eigenvalue weighted by molar-refractivity contribution is 5.80. The fourth-order valence-corrected chi connectivity index (χ4v) is 4.25. The van der Waals surface area contributed by atoms with Crippen LogP contribution in [0.5, 0.6) is 0 Å². The molecule has 0 radical (unpaired) electrons. The summed E-state index contributed by atoms with van der Waals surface area (Å²) in [6.07, 6.45) is 2.61. The molecule has 0 bridgehead atoms. The zero-order valence-electron chi connectivity index (χ0n) is 19.5. The quantitative estimate of drug-likeness (QED) is 0.378. The van der Waals surface area contributed by atoms with Crippen molar-refractivity contribution in [2.45, 2.75) is 39.7 Å². The van der Waals surface area contributed by atoms with Crippen LogP contribution in [-0.2, 0) is 24.2 Å². The molecular weight excluding hydrogens is 428 g/mol. The van der Waals surface area contributed by atoms with Crippen molar-refractivity contribution >= 4 is 5.65 Å². The normalized spacial score (nSPS) is 11.4. The average molecular weight is 455 g/mol. The van der Waals surface area contributed by atoms with E-state index < -0.39 is 0 Å². The molecule has 34 heavy (non-hydrogen) atoms. The van der Waals surface area contributed by atoms with E-state index in [4.69, 9.17) is 14.7 Å². The first-order valence-corrected chi connectivity index (χ1v) is 11.3. The van der Waals surface area contributed by atoms with Crippen molar-refractivity contribution < 1.29 is 4.74 Å². The third kappa shape index (κ3) is 4.17. The fourth-order valence-electron chi connectivity index (χ4n) is 4.25. The zero-order chi connectivity index (χ0) is 23.5. The van der Waals surface area contributed by atoms with Crippen LogP contribution in [0.25, 0.3) is 28.2 Å². The van der Waals surface area contributed by atoms with E-state index in [0.29, 0.717) is 12.4 Å². The summed E-state index contributed by atoms with van der Waals surface area (Å²) in [5.74, 6) is 2.08. The Kier molecular flexibility index (Phi) is 6.09. The summed E-state index contributed by atoms with van der Waals surface area (Å²) >= 11 is 0. The number of methoxy groups -OCH3 is 1. The molecule has 0 aliphatic heterocycles. The maximum absolute atomic E-state index is 5.36. The Labute approximate surface area is 197 Å². The van der Waals surface area contributed by atoms with Crippen molar-refractivity contribution in [2.24, 2.45) is 0 Å². The molecule has 0 saturated heterocycles. The number of tetrazole rings is 1. The summed E-state index contributed by atoms with van der Waals surface area (Å²) in [5, 5.41) is 19.1. The van der Waals surface area contributed by atoms with Crippen molar-refractivity contribution in [3.63, 3.8) is 0 Å². The maximum Gasteiger partial charge on any atom is 0.205 e. The van der Waals surface area contributed by atoms with Gasteiger partial charge in [-0.25, -0.2) is 9.97 Å². The van der Waals surface area contributed by atoms with Crippen molar-refractivity contribution in [1.82, 2.24) is 40.2 Å². The van der Waals surface area contributed by atoms with Gasteiger partial charge in [0.2, 0.25) is 5.82 Å². The van der Waals surface area contributed by atoms with Gasteiger partial charge in [-0.1, -0.05) is 61.9 Å². The number of hydrogen-bond donors (Lipinski definition) is 1. The van der Waals surface area contributed by atoms with Gasteiger partial charge in [-0.3, -0.25) is 0 Å². The number of ether oxygens (including phenoxy) is 1. The van der Waals surface area contributed by atoms with Crippen LogP contribution in [0.15, 0.2) is 48.5 Å². The highest BCUT2D eigenvalue weighted by Gasteiger charge is 2.18. The van der Waals surface area contributed by atoms with E-state index in [1.807, 2.05) is 29.6 Å². The van der Waals surface area contributed by atoms with Crippen LogP contribution in [0.3, 0.4) is 0 Å². The van der Waals surface area contributed by atoms with Gasteiger partial charge >= 0.3 is 0 Å². The molecule has 3 heterocycles. The third-order valence-corrected chi connectivity index (χ3v) is 5.76. The van der Waals surface area contributed by atoms with E-state index in [1.165, 1.54) is 5.56 Å². The molecule has 5 rings (SSSR count). The van der Waals surface area contributed by atoms with Crippen LogP contribution < -0.4 is 0 Å². The van der Waals surface area contributed by atoms with E-state index in [0.717, 1.165) is 64.5 Å². The molecule has 0 atom stereocenters. The van der Waals surface area contributed by atoms with E-state index in [2.05, 4.69) is 63.0 Å². The third-order valence-electron chi connectivity index (χ3n) is 5.76. The number of aryl methyl sites for hydroxylation is 2. The van der Waals surface area contributed by atoms with Crippen LogP contribution in [0, 0.1) is 6.92 Å². The molecule has 9 heteroatoms. The number of H-pyrrole nitrogens is 1.